The standard InChI is InChI=1S/C15H26N4O5/c1-8(2)6-9(17)14(22)19(11(20)7-16)12(15(23)24)13(21)10-4-3-5-18-10/h8-10,12,18H,3-7,16-17H2,1-2H3,(H,23,24). The first-order chi connectivity index (χ1) is 11.2. The number of carboxylic acid groups (broad SMARTS) is 1. The molecule has 0 aromatic heterocycles. The lowest BCUT2D eigenvalue weighted by Gasteiger charge is -2.30. The molecule has 24 heavy (non-hydrogen) atoms. The van der Waals surface area contributed by atoms with Gasteiger partial charge < -0.3 is 21.9 Å². The first kappa shape index (κ1) is 20.2. The summed E-state index contributed by atoms with van der Waals surface area (Å²) < 4.78 is 0. The van der Waals surface area contributed by atoms with Crippen LogP contribution in [0.2, 0.25) is 0 Å². The Balaban J connectivity index is 3.13. The fraction of sp³-hybridized carbons (Fsp3) is 0.733. The van der Waals surface area contributed by atoms with E-state index in [-0.39, 0.29) is 12.3 Å². The lowest BCUT2D eigenvalue weighted by Crippen LogP contribution is -2.61. The van der Waals surface area contributed by atoms with Gasteiger partial charge in [-0.05, 0) is 31.7 Å². The topological polar surface area (TPSA) is 156 Å². The molecule has 3 unspecified atom stereocenters. The lowest BCUT2D eigenvalue weighted by molar-refractivity contribution is -0.162. The van der Waals surface area contributed by atoms with Gasteiger partial charge in [-0.25, -0.2) is 4.79 Å². The molecular weight excluding hydrogens is 316 g/mol. The maximum Gasteiger partial charge on any atom is 0.334 e. The van der Waals surface area contributed by atoms with E-state index < -0.39 is 48.2 Å². The number of nitrogens with two attached hydrogens (primary N) is 2. The van der Waals surface area contributed by atoms with E-state index in [4.69, 9.17) is 11.5 Å². The number of nitrogens with zero attached hydrogens (tertiary/aromatic N) is 1. The molecule has 1 fully saturated rings. The second-order valence-electron chi connectivity index (χ2n) is 6.33. The minimum absolute atomic E-state index is 0.0641. The molecule has 1 heterocycles. The van der Waals surface area contributed by atoms with E-state index in [0.717, 1.165) is 0 Å². The molecule has 1 aliphatic heterocycles. The molecular formula is C15H26N4O5. The predicted molar refractivity (Wildman–Crippen MR) is 85.8 cm³/mol. The van der Waals surface area contributed by atoms with Crippen molar-refractivity contribution in [3.05, 3.63) is 0 Å². The monoisotopic (exact) mass is 342 g/mol. The van der Waals surface area contributed by atoms with Crippen molar-refractivity contribution in [3.8, 4) is 0 Å². The number of Topliss-reactive ketones (excluding diaryl/α,β-unsaturated/α-hetero) is 1. The molecule has 0 aromatic rings. The van der Waals surface area contributed by atoms with Crippen LogP contribution in [-0.4, -0.2) is 64.8 Å². The summed E-state index contributed by atoms with van der Waals surface area (Å²) in [6.45, 7) is 3.67. The van der Waals surface area contributed by atoms with Gasteiger partial charge in [-0.1, -0.05) is 13.8 Å². The van der Waals surface area contributed by atoms with Crippen molar-refractivity contribution in [1.29, 1.82) is 0 Å². The number of hydrogen-bond acceptors (Lipinski definition) is 7. The summed E-state index contributed by atoms with van der Waals surface area (Å²) in [4.78, 5) is 49.2. The van der Waals surface area contributed by atoms with Gasteiger partial charge in [-0.3, -0.25) is 19.3 Å². The van der Waals surface area contributed by atoms with E-state index in [1.165, 1.54) is 0 Å². The SMILES string of the molecule is CC(C)CC(N)C(=O)N(C(=O)CN)C(C(=O)O)C(=O)C1CCCN1. The van der Waals surface area contributed by atoms with Gasteiger partial charge in [0.15, 0.2) is 11.8 Å². The fourth-order valence-corrected chi connectivity index (χ4v) is 2.76. The zero-order valence-electron chi connectivity index (χ0n) is 14.0. The van der Waals surface area contributed by atoms with Gasteiger partial charge in [0, 0.05) is 0 Å². The van der Waals surface area contributed by atoms with Crippen molar-refractivity contribution in [2.45, 2.75) is 51.2 Å². The minimum Gasteiger partial charge on any atom is -0.479 e. The van der Waals surface area contributed by atoms with Gasteiger partial charge in [0.1, 0.15) is 0 Å². The van der Waals surface area contributed by atoms with Crippen molar-refractivity contribution in [1.82, 2.24) is 10.2 Å². The first-order valence-electron chi connectivity index (χ1n) is 8.02. The Bertz CT molecular complexity index is 502. The number of ketones is 1. The van der Waals surface area contributed by atoms with E-state index in [9.17, 15) is 24.3 Å². The highest BCUT2D eigenvalue weighted by molar-refractivity contribution is 6.13. The van der Waals surface area contributed by atoms with Crippen molar-refractivity contribution < 1.29 is 24.3 Å². The van der Waals surface area contributed by atoms with Crippen LogP contribution in [0.5, 0.6) is 0 Å². The average molecular weight is 342 g/mol. The Hall–Kier alpha value is -1.84. The molecule has 0 radical (unpaired) electrons. The number of aliphatic carboxylic acids is 1. The van der Waals surface area contributed by atoms with Crippen molar-refractivity contribution in [3.63, 3.8) is 0 Å². The third-order valence-electron chi connectivity index (χ3n) is 3.89. The summed E-state index contributed by atoms with van der Waals surface area (Å²) in [7, 11) is 0. The lowest BCUT2D eigenvalue weighted by atomic mass is 9.99. The van der Waals surface area contributed by atoms with Crippen molar-refractivity contribution in [2.75, 3.05) is 13.1 Å². The molecule has 9 heteroatoms. The number of nitrogens with one attached hydrogen (secondary N) is 1. The number of carbonyl (C=O) groups is 4. The van der Waals surface area contributed by atoms with E-state index in [1.54, 1.807) is 0 Å². The molecule has 1 aliphatic rings. The van der Waals surface area contributed by atoms with Crippen LogP contribution in [0, 0.1) is 5.92 Å². The molecule has 0 saturated carbocycles. The van der Waals surface area contributed by atoms with E-state index >= 15 is 0 Å². The van der Waals surface area contributed by atoms with Gasteiger partial charge in [-0.15, -0.1) is 0 Å². The molecule has 1 rings (SSSR count). The van der Waals surface area contributed by atoms with E-state index in [1.807, 2.05) is 13.8 Å². The highest BCUT2D eigenvalue weighted by Crippen LogP contribution is 2.15. The quantitative estimate of drug-likeness (QED) is 0.386. The van der Waals surface area contributed by atoms with E-state index in [2.05, 4.69) is 5.32 Å². The Morgan fingerprint density at radius 3 is 2.33 bits per heavy atom. The maximum atomic E-state index is 12.5. The summed E-state index contributed by atoms with van der Waals surface area (Å²) in [6, 6.07) is -3.69. The normalized spacial score (nSPS) is 19.8. The predicted octanol–water partition coefficient (Wildman–Crippen LogP) is -1.55. The van der Waals surface area contributed by atoms with Crippen LogP contribution in [0.25, 0.3) is 0 Å². The Morgan fingerprint density at radius 2 is 1.92 bits per heavy atom. The Morgan fingerprint density at radius 1 is 1.29 bits per heavy atom. The van der Waals surface area contributed by atoms with Crippen LogP contribution < -0.4 is 16.8 Å². The summed E-state index contributed by atoms with van der Waals surface area (Å²) >= 11 is 0. The smallest absolute Gasteiger partial charge is 0.334 e. The maximum absolute atomic E-state index is 12.5. The number of rotatable bonds is 8. The van der Waals surface area contributed by atoms with Gasteiger partial charge in [0.25, 0.3) is 0 Å². The summed E-state index contributed by atoms with van der Waals surface area (Å²) in [5.74, 6) is -4.06. The summed E-state index contributed by atoms with van der Waals surface area (Å²) in [5.41, 5.74) is 11.1. The molecule has 1 saturated heterocycles. The van der Waals surface area contributed by atoms with Crippen LogP contribution in [0.4, 0.5) is 0 Å². The van der Waals surface area contributed by atoms with Crippen LogP contribution in [0.3, 0.4) is 0 Å². The molecule has 3 atom stereocenters. The molecule has 0 spiro atoms. The highest BCUT2D eigenvalue weighted by atomic mass is 16.4. The number of carboxylic acids is 1. The van der Waals surface area contributed by atoms with Gasteiger partial charge in [0.05, 0.1) is 18.6 Å². The summed E-state index contributed by atoms with van der Waals surface area (Å²) in [5, 5.41) is 12.3. The molecule has 0 aliphatic carbocycles. The largest absolute Gasteiger partial charge is 0.479 e. The molecule has 2 amide bonds. The molecule has 0 aromatic carbocycles. The number of imide groups is 1. The molecule has 0 bridgehead atoms. The zero-order valence-corrected chi connectivity index (χ0v) is 14.0. The van der Waals surface area contributed by atoms with Gasteiger partial charge >= 0.3 is 5.97 Å². The third kappa shape index (κ3) is 4.83. The number of carbonyl (C=O) groups excluding carboxylic acids is 3. The Labute approximate surface area is 140 Å². The van der Waals surface area contributed by atoms with Crippen LogP contribution in [0.1, 0.15) is 33.1 Å². The van der Waals surface area contributed by atoms with Crippen LogP contribution in [0.15, 0.2) is 0 Å². The Kier molecular flexibility index (Phi) is 7.46. The van der Waals surface area contributed by atoms with Gasteiger partial charge in [-0.2, -0.15) is 0 Å². The second kappa shape index (κ2) is 8.86. The summed E-state index contributed by atoms with van der Waals surface area (Å²) in [6.07, 6.45) is 1.43. The molecule has 9 nitrogen and oxygen atoms in total. The number of amides is 2. The average Bonchev–Trinajstić information content (AvgIpc) is 3.03. The molecule has 136 valence electrons. The van der Waals surface area contributed by atoms with Crippen molar-refractivity contribution >= 4 is 23.6 Å². The fourth-order valence-electron chi connectivity index (χ4n) is 2.76. The van der Waals surface area contributed by atoms with Crippen molar-refractivity contribution in [2.24, 2.45) is 17.4 Å². The zero-order chi connectivity index (χ0) is 18.4. The first-order valence-corrected chi connectivity index (χ1v) is 8.02. The second-order valence-corrected chi connectivity index (χ2v) is 6.33. The van der Waals surface area contributed by atoms with Crippen LogP contribution >= 0.6 is 0 Å². The number of hydrogen-bond donors (Lipinski definition) is 4. The van der Waals surface area contributed by atoms with E-state index in [0.29, 0.717) is 24.3 Å². The minimum atomic E-state index is -1.91. The third-order valence-corrected chi connectivity index (χ3v) is 3.89. The molecule has 6 N–H and O–H groups in total. The highest BCUT2D eigenvalue weighted by Gasteiger charge is 2.44. The van der Waals surface area contributed by atoms with Crippen LogP contribution in [-0.2, 0) is 19.2 Å². The van der Waals surface area contributed by atoms with Gasteiger partial charge in [0.2, 0.25) is 11.8 Å².